The highest BCUT2D eigenvalue weighted by Crippen LogP contribution is 2.21. The normalized spacial score (nSPS) is 11.3. The van der Waals surface area contributed by atoms with Crippen LogP contribution in [-0.2, 0) is 10.0 Å². The van der Waals surface area contributed by atoms with Crippen molar-refractivity contribution in [1.82, 2.24) is 4.98 Å². The van der Waals surface area contributed by atoms with E-state index < -0.39 is 16.0 Å². The lowest BCUT2D eigenvalue weighted by Gasteiger charge is -2.09. The predicted molar refractivity (Wildman–Crippen MR) is 86.0 cm³/mol. The van der Waals surface area contributed by atoms with Gasteiger partial charge in [-0.1, -0.05) is 12.1 Å². The summed E-state index contributed by atoms with van der Waals surface area (Å²) in [7, 11) is -3.87. The van der Waals surface area contributed by atoms with Gasteiger partial charge in [0, 0.05) is 17.3 Å². The zero-order chi connectivity index (χ0) is 16.4. The minimum atomic E-state index is -3.87. The molecule has 2 aromatic carbocycles. The fraction of sp³-hybridized carbons (Fsp3) is 0. The van der Waals surface area contributed by atoms with Crippen LogP contribution in [0.3, 0.4) is 0 Å². The molecule has 1 aromatic heterocycles. The van der Waals surface area contributed by atoms with Crippen LogP contribution in [0.5, 0.6) is 0 Å². The molecule has 1 heterocycles. The number of carboxylic acid groups (broad SMARTS) is 1. The molecule has 0 atom stereocenters. The molecule has 0 radical (unpaired) electrons. The molecular weight excluding hydrogens is 316 g/mol. The molecule has 3 aromatic rings. The van der Waals surface area contributed by atoms with Crippen LogP contribution in [0.2, 0.25) is 0 Å². The minimum Gasteiger partial charge on any atom is -0.478 e. The zero-order valence-corrected chi connectivity index (χ0v) is 12.6. The minimum absolute atomic E-state index is 0.0874. The fourth-order valence-electron chi connectivity index (χ4n) is 2.15. The number of aromatic nitrogens is 1. The number of hydrogen-bond donors (Lipinski definition) is 2. The molecule has 0 bridgehead atoms. The summed E-state index contributed by atoms with van der Waals surface area (Å²) in [4.78, 5) is 15.0. The molecule has 0 aliphatic rings. The van der Waals surface area contributed by atoms with Gasteiger partial charge in [0.05, 0.1) is 16.0 Å². The summed E-state index contributed by atoms with van der Waals surface area (Å²) in [6.07, 6.45) is 1.66. The van der Waals surface area contributed by atoms with Crippen molar-refractivity contribution in [2.75, 3.05) is 4.72 Å². The second-order valence-electron chi connectivity index (χ2n) is 4.85. The third kappa shape index (κ3) is 3.14. The summed E-state index contributed by atoms with van der Waals surface area (Å²) in [6.45, 7) is 0. The van der Waals surface area contributed by atoms with Crippen LogP contribution >= 0.6 is 0 Å². The number of carboxylic acids is 1. The Hall–Kier alpha value is -2.93. The van der Waals surface area contributed by atoms with Gasteiger partial charge in [0.15, 0.2) is 0 Å². The summed E-state index contributed by atoms with van der Waals surface area (Å²) in [5, 5.41) is 9.76. The van der Waals surface area contributed by atoms with E-state index in [0.29, 0.717) is 5.69 Å². The lowest BCUT2D eigenvalue weighted by atomic mass is 10.2. The van der Waals surface area contributed by atoms with Crippen LogP contribution in [0.15, 0.2) is 65.7 Å². The molecule has 0 aliphatic heterocycles. The predicted octanol–water partition coefficient (Wildman–Crippen LogP) is 2.73. The van der Waals surface area contributed by atoms with Crippen molar-refractivity contribution in [2.24, 2.45) is 0 Å². The first-order chi connectivity index (χ1) is 11.0. The lowest BCUT2D eigenvalue weighted by molar-refractivity contribution is 0.0696. The SMILES string of the molecule is O=C(O)c1cccc(S(=O)(=O)Nc2ccc3ncccc3c2)c1. The van der Waals surface area contributed by atoms with Gasteiger partial charge in [-0.2, -0.15) is 0 Å². The molecule has 3 rings (SSSR count). The van der Waals surface area contributed by atoms with Crippen molar-refractivity contribution in [3.8, 4) is 0 Å². The number of pyridine rings is 1. The summed E-state index contributed by atoms with van der Waals surface area (Å²) in [5.74, 6) is -1.18. The number of aromatic carboxylic acids is 1. The summed E-state index contributed by atoms with van der Waals surface area (Å²) >= 11 is 0. The Labute approximate surface area is 132 Å². The summed E-state index contributed by atoms with van der Waals surface area (Å²) in [6, 6.07) is 13.8. The molecule has 2 N–H and O–H groups in total. The van der Waals surface area contributed by atoms with E-state index in [9.17, 15) is 13.2 Å². The van der Waals surface area contributed by atoms with Crippen LogP contribution < -0.4 is 4.72 Å². The van der Waals surface area contributed by atoms with Gasteiger partial charge in [0.1, 0.15) is 0 Å². The van der Waals surface area contributed by atoms with Crippen LogP contribution in [0, 0.1) is 0 Å². The Kier molecular flexibility index (Phi) is 3.71. The standard InChI is InChI=1S/C16H12N2O4S/c19-16(20)12-3-1-5-14(10-12)23(21,22)18-13-6-7-15-11(9-13)4-2-8-17-15/h1-10,18H,(H,19,20). The molecule has 23 heavy (non-hydrogen) atoms. The fourth-order valence-corrected chi connectivity index (χ4v) is 3.24. The van der Waals surface area contributed by atoms with Crippen molar-refractivity contribution in [3.63, 3.8) is 0 Å². The first-order valence-corrected chi connectivity index (χ1v) is 8.15. The van der Waals surface area contributed by atoms with Gasteiger partial charge in [-0.25, -0.2) is 13.2 Å². The Morgan fingerprint density at radius 3 is 2.65 bits per heavy atom. The van der Waals surface area contributed by atoms with Crippen molar-refractivity contribution in [2.45, 2.75) is 4.90 Å². The van der Waals surface area contributed by atoms with E-state index in [4.69, 9.17) is 5.11 Å². The Balaban J connectivity index is 1.96. The highest BCUT2D eigenvalue weighted by atomic mass is 32.2. The van der Waals surface area contributed by atoms with E-state index in [0.717, 1.165) is 17.0 Å². The molecule has 0 spiro atoms. The molecular formula is C16H12N2O4S. The molecule has 6 nitrogen and oxygen atoms in total. The summed E-state index contributed by atoms with van der Waals surface area (Å²) < 4.78 is 27.2. The third-order valence-electron chi connectivity index (χ3n) is 3.25. The first-order valence-electron chi connectivity index (χ1n) is 6.67. The largest absolute Gasteiger partial charge is 0.478 e. The molecule has 0 aliphatic carbocycles. The quantitative estimate of drug-likeness (QED) is 0.767. The van der Waals surface area contributed by atoms with Gasteiger partial charge >= 0.3 is 5.97 Å². The topological polar surface area (TPSA) is 96.4 Å². The number of nitrogens with zero attached hydrogens (tertiary/aromatic N) is 1. The monoisotopic (exact) mass is 328 g/mol. The van der Waals surface area contributed by atoms with Crippen molar-refractivity contribution in [1.29, 1.82) is 0 Å². The van der Waals surface area contributed by atoms with Gasteiger partial charge in [0.25, 0.3) is 10.0 Å². The molecule has 7 heteroatoms. The van der Waals surface area contributed by atoms with Crippen molar-refractivity contribution >= 4 is 32.6 Å². The van der Waals surface area contributed by atoms with Crippen LogP contribution in [0.4, 0.5) is 5.69 Å². The van der Waals surface area contributed by atoms with E-state index >= 15 is 0 Å². The second-order valence-corrected chi connectivity index (χ2v) is 6.53. The maximum Gasteiger partial charge on any atom is 0.335 e. The smallest absolute Gasteiger partial charge is 0.335 e. The second kappa shape index (κ2) is 5.69. The van der Waals surface area contributed by atoms with Gasteiger partial charge in [-0.05, 0) is 42.5 Å². The number of fused-ring (bicyclic) bond motifs is 1. The molecule has 0 saturated carbocycles. The third-order valence-corrected chi connectivity index (χ3v) is 4.63. The van der Waals surface area contributed by atoms with Gasteiger partial charge in [-0.15, -0.1) is 0 Å². The van der Waals surface area contributed by atoms with Crippen molar-refractivity contribution in [3.05, 3.63) is 66.4 Å². The Morgan fingerprint density at radius 1 is 1.04 bits per heavy atom. The van der Waals surface area contributed by atoms with E-state index in [-0.39, 0.29) is 10.5 Å². The number of benzene rings is 2. The number of hydrogen-bond acceptors (Lipinski definition) is 4. The maximum absolute atomic E-state index is 12.4. The zero-order valence-electron chi connectivity index (χ0n) is 11.8. The number of rotatable bonds is 4. The van der Waals surface area contributed by atoms with Gasteiger partial charge in [-0.3, -0.25) is 9.71 Å². The Morgan fingerprint density at radius 2 is 1.87 bits per heavy atom. The lowest BCUT2D eigenvalue weighted by Crippen LogP contribution is -2.13. The molecule has 0 saturated heterocycles. The number of anilines is 1. The van der Waals surface area contributed by atoms with Crippen LogP contribution in [-0.4, -0.2) is 24.5 Å². The average Bonchev–Trinajstić information content (AvgIpc) is 2.54. The molecule has 0 unspecified atom stereocenters. The van der Waals surface area contributed by atoms with E-state index in [1.807, 2.05) is 6.07 Å². The average molecular weight is 328 g/mol. The highest BCUT2D eigenvalue weighted by Gasteiger charge is 2.16. The van der Waals surface area contributed by atoms with E-state index in [1.54, 1.807) is 30.5 Å². The number of carbonyl (C=O) groups is 1. The van der Waals surface area contributed by atoms with Crippen LogP contribution in [0.1, 0.15) is 10.4 Å². The van der Waals surface area contributed by atoms with E-state index in [1.165, 1.54) is 18.2 Å². The van der Waals surface area contributed by atoms with Crippen LogP contribution in [0.25, 0.3) is 10.9 Å². The Bertz CT molecular complexity index is 1000. The summed E-state index contributed by atoms with van der Waals surface area (Å²) in [5.41, 5.74) is 1.05. The molecule has 116 valence electrons. The van der Waals surface area contributed by atoms with E-state index in [2.05, 4.69) is 9.71 Å². The molecule has 0 fully saturated rings. The highest BCUT2D eigenvalue weighted by molar-refractivity contribution is 7.92. The van der Waals surface area contributed by atoms with Gasteiger partial charge in [0.2, 0.25) is 0 Å². The van der Waals surface area contributed by atoms with Crippen molar-refractivity contribution < 1.29 is 18.3 Å². The van der Waals surface area contributed by atoms with Gasteiger partial charge < -0.3 is 5.11 Å². The maximum atomic E-state index is 12.4. The number of sulfonamides is 1. The molecule has 0 amide bonds. The first kappa shape index (κ1) is 15.0. The number of nitrogens with one attached hydrogen (secondary N) is 1.